The van der Waals surface area contributed by atoms with Crippen molar-refractivity contribution in [3.63, 3.8) is 0 Å². The molecule has 4 nitrogen and oxygen atoms in total. The zero-order chi connectivity index (χ0) is 23.0. The average molecular weight is 441 g/mol. The van der Waals surface area contributed by atoms with Crippen LogP contribution < -0.4 is 0 Å². The van der Waals surface area contributed by atoms with E-state index in [9.17, 15) is 9.59 Å². The molecule has 0 aliphatic rings. The van der Waals surface area contributed by atoms with Crippen LogP contribution in [0, 0.1) is 0 Å². The van der Waals surface area contributed by atoms with Crippen LogP contribution in [0.2, 0.25) is 0 Å². The average Bonchev–Trinajstić information content (AvgIpc) is 2.75. The molecule has 0 radical (unpaired) electrons. The molecule has 4 heteroatoms. The second-order valence-corrected chi connectivity index (χ2v) is 9.14. The van der Waals surface area contributed by atoms with E-state index in [1.807, 2.05) is 0 Å². The van der Waals surface area contributed by atoms with Crippen molar-refractivity contribution in [2.45, 2.75) is 155 Å². The molecule has 0 saturated carbocycles. The summed E-state index contributed by atoms with van der Waals surface area (Å²) < 4.78 is 10.6. The third kappa shape index (κ3) is 23.4. The second kappa shape index (κ2) is 23.6. The highest BCUT2D eigenvalue weighted by Crippen LogP contribution is 2.12. The molecule has 0 amide bonds. The fraction of sp³-hybridized carbons (Fsp3) is 0.926. The van der Waals surface area contributed by atoms with Gasteiger partial charge in [0.1, 0.15) is 12.7 Å². The van der Waals surface area contributed by atoms with Crippen LogP contribution in [0.25, 0.3) is 0 Å². The summed E-state index contributed by atoms with van der Waals surface area (Å²) in [5.74, 6) is -0.352. The van der Waals surface area contributed by atoms with Crippen molar-refractivity contribution in [1.82, 2.24) is 0 Å². The molecule has 0 unspecified atom stereocenters. The van der Waals surface area contributed by atoms with E-state index in [0.29, 0.717) is 12.8 Å². The van der Waals surface area contributed by atoms with Crippen LogP contribution in [-0.2, 0) is 19.1 Å². The first-order valence-electron chi connectivity index (χ1n) is 13.4. The van der Waals surface area contributed by atoms with Gasteiger partial charge in [0.15, 0.2) is 0 Å². The van der Waals surface area contributed by atoms with Crippen LogP contribution in [0.1, 0.15) is 149 Å². The molecule has 0 saturated heterocycles. The summed E-state index contributed by atoms with van der Waals surface area (Å²) in [6.07, 6.45) is 22.7. The fourth-order valence-corrected chi connectivity index (χ4v) is 3.76. The van der Waals surface area contributed by atoms with Crippen molar-refractivity contribution in [3.8, 4) is 0 Å². The van der Waals surface area contributed by atoms with E-state index < -0.39 is 0 Å². The molecule has 0 spiro atoms. The lowest BCUT2D eigenvalue weighted by atomic mass is 10.1. The summed E-state index contributed by atoms with van der Waals surface area (Å²) in [5, 5.41) is 0. The largest absolute Gasteiger partial charge is 0.462 e. The number of unbranched alkanes of at least 4 members (excludes halogenated alkanes) is 16. The minimum Gasteiger partial charge on any atom is -0.462 e. The van der Waals surface area contributed by atoms with Gasteiger partial charge in [-0.2, -0.15) is 0 Å². The lowest BCUT2D eigenvalue weighted by Gasteiger charge is -2.13. The highest BCUT2D eigenvalue weighted by molar-refractivity contribution is 5.70. The van der Waals surface area contributed by atoms with Gasteiger partial charge in [-0.3, -0.25) is 9.59 Å². The number of esters is 2. The van der Waals surface area contributed by atoms with Gasteiger partial charge in [-0.15, -0.1) is 0 Å². The quantitative estimate of drug-likeness (QED) is 0.118. The van der Waals surface area contributed by atoms with Crippen LogP contribution in [0.3, 0.4) is 0 Å². The summed E-state index contributed by atoms with van der Waals surface area (Å²) in [6.45, 7) is 6.44. The highest BCUT2D eigenvalue weighted by Gasteiger charge is 2.12. The number of carbonyl (C=O) groups is 2. The summed E-state index contributed by atoms with van der Waals surface area (Å²) in [5.41, 5.74) is 0. The fourth-order valence-electron chi connectivity index (χ4n) is 3.76. The summed E-state index contributed by atoms with van der Waals surface area (Å²) >= 11 is 0. The van der Waals surface area contributed by atoms with E-state index in [2.05, 4.69) is 13.8 Å². The molecule has 0 aromatic rings. The Morgan fingerprint density at radius 1 is 0.548 bits per heavy atom. The van der Waals surface area contributed by atoms with Crippen molar-refractivity contribution in [2.24, 2.45) is 0 Å². The first-order valence-corrected chi connectivity index (χ1v) is 13.4. The highest BCUT2D eigenvalue weighted by atomic mass is 16.6. The molecular weight excluding hydrogens is 388 g/mol. The van der Waals surface area contributed by atoms with Gasteiger partial charge in [-0.1, -0.05) is 117 Å². The molecule has 0 aliphatic carbocycles. The van der Waals surface area contributed by atoms with E-state index in [1.165, 1.54) is 89.9 Å². The topological polar surface area (TPSA) is 52.6 Å². The lowest BCUT2D eigenvalue weighted by Crippen LogP contribution is -2.22. The molecule has 0 rings (SSSR count). The first-order chi connectivity index (χ1) is 15.1. The minimum absolute atomic E-state index is 0.166. The van der Waals surface area contributed by atoms with Crippen molar-refractivity contribution in [3.05, 3.63) is 0 Å². The van der Waals surface area contributed by atoms with E-state index in [0.717, 1.165) is 25.7 Å². The number of ether oxygens (including phenoxy) is 2. The second-order valence-electron chi connectivity index (χ2n) is 9.14. The predicted octanol–water partition coefficient (Wildman–Crippen LogP) is 8.30. The van der Waals surface area contributed by atoms with Crippen molar-refractivity contribution >= 4 is 11.9 Å². The van der Waals surface area contributed by atoms with Gasteiger partial charge in [-0.05, 0) is 19.8 Å². The Bertz CT molecular complexity index is 408. The molecule has 0 heterocycles. The maximum atomic E-state index is 11.9. The first kappa shape index (κ1) is 29.9. The standard InChI is InChI=1S/C27H52O4/c1-4-6-8-10-12-14-16-18-20-22-26(28)30-24-25(3)31-27(29)23-21-19-17-15-13-11-9-7-5-2/h25H,4-24H2,1-3H3/t25-/m1/s1. The molecule has 184 valence electrons. The van der Waals surface area contributed by atoms with Crippen molar-refractivity contribution in [1.29, 1.82) is 0 Å². The smallest absolute Gasteiger partial charge is 0.306 e. The molecule has 1 atom stereocenters. The summed E-state index contributed by atoms with van der Waals surface area (Å²) in [4.78, 5) is 23.7. The lowest BCUT2D eigenvalue weighted by molar-refractivity contribution is -0.158. The van der Waals surface area contributed by atoms with E-state index >= 15 is 0 Å². The Morgan fingerprint density at radius 3 is 1.32 bits per heavy atom. The van der Waals surface area contributed by atoms with Crippen LogP contribution in [0.15, 0.2) is 0 Å². The van der Waals surface area contributed by atoms with Crippen LogP contribution in [0.5, 0.6) is 0 Å². The molecule has 0 aliphatic heterocycles. The van der Waals surface area contributed by atoms with Crippen molar-refractivity contribution < 1.29 is 19.1 Å². The maximum absolute atomic E-state index is 11.9. The van der Waals surface area contributed by atoms with E-state index in [-0.39, 0.29) is 24.6 Å². The van der Waals surface area contributed by atoms with E-state index in [4.69, 9.17) is 9.47 Å². The number of hydrogen-bond donors (Lipinski definition) is 0. The van der Waals surface area contributed by atoms with Crippen molar-refractivity contribution in [2.75, 3.05) is 6.61 Å². The van der Waals surface area contributed by atoms with Gasteiger partial charge in [0.25, 0.3) is 0 Å². The number of carbonyl (C=O) groups excluding carboxylic acids is 2. The molecule has 0 fully saturated rings. The third-order valence-electron chi connectivity index (χ3n) is 5.78. The molecule has 0 aromatic heterocycles. The molecular formula is C27H52O4. The zero-order valence-corrected chi connectivity index (χ0v) is 21.1. The van der Waals surface area contributed by atoms with E-state index in [1.54, 1.807) is 6.92 Å². The van der Waals surface area contributed by atoms with Gasteiger partial charge in [0, 0.05) is 12.8 Å². The normalized spacial score (nSPS) is 12.0. The Morgan fingerprint density at radius 2 is 0.903 bits per heavy atom. The van der Waals surface area contributed by atoms with Gasteiger partial charge >= 0.3 is 11.9 Å². The molecule has 0 aromatic carbocycles. The summed E-state index contributed by atoms with van der Waals surface area (Å²) in [7, 11) is 0. The third-order valence-corrected chi connectivity index (χ3v) is 5.78. The van der Waals surface area contributed by atoms with Crippen LogP contribution in [0.4, 0.5) is 0 Å². The Hall–Kier alpha value is -1.06. The van der Waals surface area contributed by atoms with Crippen LogP contribution >= 0.6 is 0 Å². The Labute approximate surface area is 193 Å². The molecule has 0 bridgehead atoms. The molecule has 0 N–H and O–H groups in total. The SMILES string of the molecule is CCCCCCCCCCCC(=O)OC[C@@H](C)OC(=O)CCCCCCCCCCC. The van der Waals surface area contributed by atoms with Gasteiger partial charge in [0.2, 0.25) is 0 Å². The zero-order valence-electron chi connectivity index (χ0n) is 21.1. The van der Waals surface area contributed by atoms with Crippen LogP contribution in [-0.4, -0.2) is 24.6 Å². The van der Waals surface area contributed by atoms with Gasteiger partial charge in [0.05, 0.1) is 0 Å². The van der Waals surface area contributed by atoms with Gasteiger partial charge in [-0.25, -0.2) is 0 Å². The number of rotatable bonds is 23. The molecule has 31 heavy (non-hydrogen) atoms. The predicted molar refractivity (Wildman–Crippen MR) is 130 cm³/mol. The maximum Gasteiger partial charge on any atom is 0.306 e. The van der Waals surface area contributed by atoms with Gasteiger partial charge < -0.3 is 9.47 Å². The monoisotopic (exact) mass is 440 g/mol. The Kier molecular flexibility index (Phi) is 22.8. The number of hydrogen-bond acceptors (Lipinski definition) is 4. The summed E-state index contributed by atoms with van der Waals surface area (Å²) in [6, 6.07) is 0. The Balaban J connectivity index is 3.46. The minimum atomic E-state index is -0.363.